The molecular weight excluding hydrogens is 172 g/mol. The zero-order chi connectivity index (χ0) is 10.4. The first-order valence-electron chi connectivity index (χ1n) is 5.56. The van der Waals surface area contributed by atoms with Crippen LogP contribution in [0, 0.1) is 17.8 Å². The molecule has 14 heavy (non-hydrogen) atoms. The van der Waals surface area contributed by atoms with Gasteiger partial charge >= 0.3 is 0 Å². The van der Waals surface area contributed by atoms with Crippen LogP contribution in [0.1, 0.15) is 33.1 Å². The van der Waals surface area contributed by atoms with E-state index < -0.39 is 0 Å². The van der Waals surface area contributed by atoms with Gasteiger partial charge in [0.05, 0.1) is 0 Å². The van der Waals surface area contributed by atoms with Crippen LogP contribution in [-0.4, -0.2) is 6.29 Å². The highest BCUT2D eigenvalue weighted by Crippen LogP contribution is 2.25. The van der Waals surface area contributed by atoms with Crippen LogP contribution in [0.4, 0.5) is 0 Å². The molecule has 0 spiro atoms. The summed E-state index contributed by atoms with van der Waals surface area (Å²) in [5.41, 5.74) is 0. The van der Waals surface area contributed by atoms with Crippen LogP contribution < -0.4 is 0 Å². The Morgan fingerprint density at radius 3 is 2.79 bits per heavy atom. The van der Waals surface area contributed by atoms with E-state index in [0.29, 0.717) is 11.8 Å². The van der Waals surface area contributed by atoms with Gasteiger partial charge < -0.3 is 4.79 Å². The highest BCUT2D eigenvalue weighted by Gasteiger charge is 2.18. The molecule has 0 radical (unpaired) electrons. The van der Waals surface area contributed by atoms with Gasteiger partial charge in [-0.1, -0.05) is 44.6 Å². The molecule has 0 bridgehead atoms. The number of allylic oxidation sites excluding steroid dienone is 4. The average molecular weight is 192 g/mol. The number of carbonyl (C=O) groups excluding carboxylic acids is 1. The second-order valence-corrected chi connectivity index (χ2v) is 4.23. The largest absolute Gasteiger partial charge is 0.303 e. The minimum atomic E-state index is 0.237. The van der Waals surface area contributed by atoms with Gasteiger partial charge in [-0.15, -0.1) is 0 Å². The van der Waals surface area contributed by atoms with Crippen molar-refractivity contribution in [2.24, 2.45) is 17.8 Å². The topological polar surface area (TPSA) is 17.1 Å². The van der Waals surface area contributed by atoms with Gasteiger partial charge in [-0.05, 0) is 24.7 Å². The molecule has 0 aromatic rings. The predicted molar refractivity (Wildman–Crippen MR) is 60.0 cm³/mol. The van der Waals surface area contributed by atoms with Crippen LogP contribution in [0.25, 0.3) is 0 Å². The quantitative estimate of drug-likeness (QED) is 0.610. The third-order valence-corrected chi connectivity index (χ3v) is 3.19. The van der Waals surface area contributed by atoms with Crippen LogP contribution in [0.15, 0.2) is 24.3 Å². The summed E-state index contributed by atoms with van der Waals surface area (Å²) in [5, 5.41) is 0. The molecule has 1 nitrogen and oxygen atoms in total. The van der Waals surface area contributed by atoms with E-state index in [1.165, 1.54) is 0 Å². The lowest BCUT2D eigenvalue weighted by molar-refractivity contribution is -0.112. The fourth-order valence-electron chi connectivity index (χ4n) is 1.88. The summed E-state index contributed by atoms with van der Waals surface area (Å²) in [6.45, 7) is 4.32. The predicted octanol–water partition coefficient (Wildman–Crippen LogP) is 3.37. The lowest BCUT2D eigenvalue weighted by atomic mass is 9.83. The molecule has 1 rings (SSSR count). The van der Waals surface area contributed by atoms with Crippen molar-refractivity contribution in [2.45, 2.75) is 33.1 Å². The van der Waals surface area contributed by atoms with E-state index in [-0.39, 0.29) is 5.92 Å². The Bertz CT molecular complexity index is 227. The van der Waals surface area contributed by atoms with Crippen molar-refractivity contribution in [1.82, 2.24) is 0 Å². The van der Waals surface area contributed by atoms with E-state index in [9.17, 15) is 4.79 Å². The number of rotatable bonds is 5. The SMILES string of the molecule is CCC(C)C(C=O)CC1C=CC=CC1. The maximum absolute atomic E-state index is 10.9. The van der Waals surface area contributed by atoms with Crippen LogP contribution in [0.2, 0.25) is 0 Å². The number of hydrogen-bond donors (Lipinski definition) is 0. The summed E-state index contributed by atoms with van der Waals surface area (Å²) in [4.78, 5) is 10.9. The molecule has 0 saturated heterocycles. The molecular formula is C13H20O. The molecule has 3 unspecified atom stereocenters. The molecule has 3 atom stereocenters. The van der Waals surface area contributed by atoms with Crippen molar-refractivity contribution >= 4 is 6.29 Å². The minimum absolute atomic E-state index is 0.237. The highest BCUT2D eigenvalue weighted by molar-refractivity contribution is 5.54. The first kappa shape index (κ1) is 11.2. The lowest BCUT2D eigenvalue weighted by Crippen LogP contribution is -2.16. The van der Waals surface area contributed by atoms with Gasteiger partial charge in [0.15, 0.2) is 0 Å². The first-order valence-corrected chi connectivity index (χ1v) is 5.56. The van der Waals surface area contributed by atoms with Crippen molar-refractivity contribution in [1.29, 1.82) is 0 Å². The fraction of sp³-hybridized carbons (Fsp3) is 0.615. The van der Waals surface area contributed by atoms with E-state index in [2.05, 4.69) is 38.2 Å². The molecule has 1 aliphatic carbocycles. The number of aldehydes is 1. The Morgan fingerprint density at radius 2 is 2.29 bits per heavy atom. The summed E-state index contributed by atoms with van der Waals surface area (Å²) >= 11 is 0. The standard InChI is InChI=1S/C13H20O/c1-3-11(2)13(10-14)9-12-7-5-4-6-8-12/h4-7,10-13H,3,8-9H2,1-2H3. The molecule has 0 aromatic carbocycles. The fourth-order valence-corrected chi connectivity index (χ4v) is 1.88. The highest BCUT2D eigenvalue weighted by atomic mass is 16.1. The molecule has 1 heteroatoms. The van der Waals surface area contributed by atoms with Crippen molar-refractivity contribution in [3.63, 3.8) is 0 Å². The minimum Gasteiger partial charge on any atom is -0.303 e. The molecule has 0 aliphatic heterocycles. The zero-order valence-electron chi connectivity index (χ0n) is 9.15. The van der Waals surface area contributed by atoms with Gasteiger partial charge in [0, 0.05) is 5.92 Å². The summed E-state index contributed by atoms with van der Waals surface area (Å²) in [7, 11) is 0. The maximum atomic E-state index is 10.9. The summed E-state index contributed by atoms with van der Waals surface area (Å²) in [6.07, 6.45) is 12.9. The van der Waals surface area contributed by atoms with Gasteiger partial charge in [-0.25, -0.2) is 0 Å². The van der Waals surface area contributed by atoms with E-state index in [1.54, 1.807) is 0 Å². The molecule has 78 valence electrons. The van der Waals surface area contributed by atoms with Crippen molar-refractivity contribution < 1.29 is 4.79 Å². The van der Waals surface area contributed by atoms with E-state index in [4.69, 9.17) is 0 Å². The van der Waals surface area contributed by atoms with Gasteiger partial charge in [0.2, 0.25) is 0 Å². The van der Waals surface area contributed by atoms with E-state index >= 15 is 0 Å². The van der Waals surface area contributed by atoms with Gasteiger partial charge in [-0.2, -0.15) is 0 Å². The lowest BCUT2D eigenvalue weighted by Gasteiger charge is -2.21. The van der Waals surface area contributed by atoms with Gasteiger partial charge in [0.1, 0.15) is 6.29 Å². The van der Waals surface area contributed by atoms with Crippen LogP contribution in [0.3, 0.4) is 0 Å². The number of hydrogen-bond acceptors (Lipinski definition) is 1. The normalized spacial score (nSPS) is 24.6. The third kappa shape index (κ3) is 3.13. The smallest absolute Gasteiger partial charge is 0.123 e. The molecule has 1 aliphatic rings. The monoisotopic (exact) mass is 192 g/mol. The van der Waals surface area contributed by atoms with Crippen LogP contribution in [0.5, 0.6) is 0 Å². The Balaban J connectivity index is 2.43. The Hall–Kier alpha value is -0.850. The maximum Gasteiger partial charge on any atom is 0.123 e. The summed E-state index contributed by atoms with van der Waals surface area (Å²) in [5.74, 6) is 1.33. The van der Waals surface area contributed by atoms with Crippen LogP contribution >= 0.6 is 0 Å². The molecule has 0 heterocycles. The Kier molecular flexibility index (Phi) is 4.64. The van der Waals surface area contributed by atoms with Gasteiger partial charge in [0.25, 0.3) is 0 Å². The van der Waals surface area contributed by atoms with E-state index in [0.717, 1.165) is 25.5 Å². The first-order chi connectivity index (χ1) is 6.77. The molecule has 0 aromatic heterocycles. The second kappa shape index (κ2) is 5.79. The molecule has 0 N–H and O–H groups in total. The van der Waals surface area contributed by atoms with Crippen molar-refractivity contribution in [3.05, 3.63) is 24.3 Å². The van der Waals surface area contributed by atoms with E-state index in [1.807, 2.05) is 0 Å². The summed E-state index contributed by atoms with van der Waals surface area (Å²) < 4.78 is 0. The van der Waals surface area contributed by atoms with Gasteiger partial charge in [-0.3, -0.25) is 0 Å². The third-order valence-electron chi connectivity index (χ3n) is 3.19. The molecule has 0 fully saturated rings. The van der Waals surface area contributed by atoms with Crippen LogP contribution in [-0.2, 0) is 4.79 Å². The van der Waals surface area contributed by atoms with Crippen molar-refractivity contribution in [2.75, 3.05) is 0 Å². The zero-order valence-corrected chi connectivity index (χ0v) is 9.15. The molecule has 0 amide bonds. The second-order valence-electron chi connectivity index (χ2n) is 4.23. The average Bonchev–Trinajstić information content (AvgIpc) is 2.26. The van der Waals surface area contributed by atoms with Crippen molar-refractivity contribution in [3.8, 4) is 0 Å². The Morgan fingerprint density at radius 1 is 1.50 bits per heavy atom. The summed E-state index contributed by atoms with van der Waals surface area (Å²) in [6, 6.07) is 0. The number of carbonyl (C=O) groups is 1. The molecule has 0 saturated carbocycles. The Labute approximate surface area is 86.9 Å².